The molecule has 1 unspecified atom stereocenters. The molecule has 1 atom stereocenters. The van der Waals surface area contributed by atoms with Crippen molar-refractivity contribution in [3.8, 4) is 0 Å². The number of rotatable bonds is 5. The van der Waals surface area contributed by atoms with Crippen LogP contribution in [0, 0.1) is 5.82 Å². The minimum Gasteiger partial charge on any atom is -0.327 e. The van der Waals surface area contributed by atoms with Gasteiger partial charge in [0.05, 0.1) is 16.4 Å². The summed E-state index contributed by atoms with van der Waals surface area (Å²) >= 11 is 6.16. The van der Waals surface area contributed by atoms with E-state index in [2.05, 4.69) is 11.9 Å². The van der Waals surface area contributed by atoms with Crippen LogP contribution in [0.15, 0.2) is 18.2 Å². The molecule has 1 heterocycles. The van der Waals surface area contributed by atoms with Crippen molar-refractivity contribution in [3.05, 3.63) is 29.8 Å². The van der Waals surface area contributed by atoms with Crippen LogP contribution in [-0.2, 0) is 6.54 Å². The van der Waals surface area contributed by atoms with Crippen molar-refractivity contribution in [3.63, 3.8) is 0 Å². The lowest BCUT2D eigenvalue weighted by Gasteiger charge is -2.10. The average Bonchev–Trinajstić information content (AvgIpc) is 2.68. The first-order chi connectivity index (χ1) is 8.63. The standard InChI is InChI=1S/C14H18ClFN2/c1-3-4-5-8-18-13-9-11(16)6-7-12(13)17-14(18)10(2)15/h6-7,9-10H,3-5,8H2,1-2H3. The minimum atomic E-state index is -0.229. The third-order valence-corrected chi connectivity index (χ3v) is 3.28. The van der Waals surface area contributed by atoms with Gasteiger partial charge in [-0.1, -0.05) is 19.8 Å². The molecular formula is C14H18ClFN2. The van der Waals surface area contributed by atoms with Crippen LogP contribution in [0.3, 0.4) is 0 Å². The highest BCUT2D eigenvalue weighted by Gasteiger charge is 2.14. The molecular weight excluding hydrogens is 251 g/mol. The summed E-state index contributed by atoms with van der Waals surface area (Å²) in [4.78, 5) is 4.50. The van der Waals surface area contributed by atoms with Crippen molar-refractivity contribution in [2.75, 3.05) is 0 Å². The second kappa shape index (κ2) is 5.70. The fourth-order valence-corrected chi connectivity index (χ4v) is 2.34. The highest BCUT2D eigenvalue weighted by Crippen LogP contribution is 2.25. The van der Waals surface area contributed by atoms with Gasteiger partial charge >= 0.3 is 0 Å². The molecule has 18 heavy (non-hydrogen) atoms. The summed E-state index contributed by atoms with van der Waals surface area (Å²) in [5, 5.41) is -0.165. The summed E-state index contributed by atoms with van der Waals surface area (Å²) < 4.78 is 15.4. The molecule has 2 rings (SSSR count). The van der Waals surface area contributed by atoms with Gasteiger partial charge in [0.2, 0.25) is 0 Å². The lowest BCUT2D eigenvalue weighted by molar-refractivity contribution is 0.588. The zero-order chi connectivity index (χ0) is 13.1. The molecule has 0 N–H and O–H groups in total. The molecule has 98 valence electrons. The minimum absolute atomic E-state index is 0.165. The number of aryl methyl sites for hydroxylation is 1. The smallest absolute Gasteiger partial charge is 0.127 e. The molecule has 0 saturated heterocycles. The van der Waals surface area contributed by atoms with Gasteiger partial charge in [-0.2, -0.15) is 0 Å². The van der Waals surface area contributed by atoms with Crippen LogP contribution < -0.4 is 0 Å². The van der Waals surface area contributed by atoms with Crippen molar-refractivity contribution >= 4 is 22.6 Å². The quantitative estimate of drug-likeness (QED) is 0.569. The zero-order valence-corrected chi connectivity index (χ0v) is 11.5. The van der Waals surface area contributed by atoms with E-state index in [0.29, 0.717) is 0 Å². The van der Waals surface area contributed by atoms with Crippen molar-refractivity contribution in [2.45, 2.75) is 45.0 Å². The van der Waals surface area contributed by atoms with E-state index in [9.17, 15) is 4.39 Å². The SMILES string of the molecule is CCCCCn1c(C(C)Cl)nc2ccc(F)cc21. The Bertz CT molecular complexity index is 534. The highest BCUT2D eigenvalue weighted by molar-refractivity contribution is 6.20. The van der Waals surface area contributed by atoms with Crippen molar-refractivity contribution in [1.82, 2.24) is 9.55 Å². The number of halogens is 2. The highest BCUT2D eigenvalue weighted by atomic mass is 35.5. The molecule has 0 aliphatic rings. The Morgan fingerprint density at radius 1 is 1.39 bits per heavy atom. The van der Waals surface area contributed by atoms with Crippen LogP contribution >= 0.6 is 11.6 Å². The molecule has 2 aromatic rings. The van der Waals surface area contributed by atoms with E-state index in [4.69, 9.17) is 11.6 Å². The Morgan fingerprint density at radius 3 is 2.83 bits per heavy atom. The number of unbranched alkanes of at least 4 members (excludes halogenated alkanes) is 2. The van der Waals surface area contributed by atoms with Gasteiger partial charge in [0.25, 0.3) is 0 Å². The number of imidazole rings is 1. The third-order valence-electron chi connectivity index (χ3n) is 3.08. The molecule has 0 fully saturated rings. The van der Waals surface area contributed by atoms with Crippen LogP contribution in [-0.4, -0.2) is 9.55 Å². The van der Waals surface area contributed by atoms with E-state index < -0.39 is 0 Å². The molecule has 0 spiro atoms. The molecule has 1 aromatic carbocycles. The maximum Gasteiger partial charge on any atom is 0.127 e. The van der Waals surface area contributed by atoms with E-state index in [1.165, 1.54) is 12.1 Å². The van der Waals surface area contributed by atoms with Gasteiger partial charge < -0.3 is 4.57 Å². The second-order valence-corrected chi connectivity index (χ2v) is 5.23. The molecule has 1 aromatic heterocycles. The Kier molecular flexibility index (Phi) is 4.23. The maximum atomic E-state index is 13.3. The molecule has 2 nitrogen and oxygen atoms in total. The molecule has 0 saturated carbocycles. The topological polar surface area (TPSA) is 17.8 Å². The number of fused-ring (bicyclic) bond motifs is 1. The molecule has 4 heteroatoms. The Morgan fingerprint density at radius 2 is 2.17 bits per heavy atom. The van der Waals surface area contributed by atoms with Gasteiger partial charge in [-0.05, 0) is 31.5 Å². The van der Waals surface area contributed by atoms with E-state index in [0.717, 1.165) is 42.7 Å². The summed E-state index contributed by atoms with van der Waals surface area (Å²) in [5.41, 5.74) is 1.66. The Hall–Kier alpha value is -1.09. The van der Waals surface area contributed by atoms with Gasteiger partial charge in [-0.15, -0.1) is 11.6 Å². The predicted molar refractivity (Wildman–Crippen MR) is 73.5 cm³/mol. The largest absolute Gasteiger partial charge is 0.327 e. The molecule has 0 aliphatic heterocycles. The van der Waals surface area contributed by atoms with E-state index in [-0.39, 0.29) is 11.2 Å². The van der Waals surface area contributed by atoms with Crippen LogP contribution in [0.25, 0.3) is 11.0 Å². The van der Waals surface area contributed by atoms with Crippen molar-refractivity contribution < 1.29 is 4.39 Å². The first-order valence-corrected chi connectivity index (χ1v) is 6.87. The van der Waals surface area contributed by atoms with Crippen LogP contribution in [0.1, 0.15) is 44.3 Å². The molecule has 0 bridgehead atoms. The van der Waals surface area contributed by atoms with Gasteiger partial charge in [-0.25, -0.2) is 9.37 Å². The van der Waals surface area contributed by atoms with Crippen LogP contribution in [0.4, 0.5) is 4.39 Å². The van der Waals surface area contributed by atoms with Gasteiger partial charge in [0.15, 0.2) is 0 Å². The van der Waals surface area contributed by atoms with Crippen molar-refractivity contribution in [2.24, 2.45) is 0 Å². The van der Waals surface area contributed by atoms with Gasteiger partial charge in [-0.3, -0.25) is 0 Å². The predicted octanol–water partition coefficient (Wildman–Crippen LogP) is 4.67. The number of hydrogen-bond acceptors (Lipinski definition) is 1. The number of benzene rings is 1. The monoisotopic (exact) mass is 268 g/mol. The number of hydrogen-bond donors (Lipinski definition) is 0. The van der Waals surface area contributed by atoms with Crippen LogP contribution in [0.5, 0.6) is 0 Å². The summed E-state index contributed by atoms with van der Waals surface area (Å²) in [6.45, 7) is 4.91. The summed E-state index contributed by atoms with van der Waals surface area (Å²) in [6, 6.07) is 4.69. The lowest BCUT2D eigenvalue weighted by Crippen LogP contribution is -2.04. The number of aromatic nitrogens is 2. The fraction of sp³-hybridized carbons (Fsp3) is 0.500. The van der Waals surface area contributed by atoms with Gasteiger partial charge in [0.1, 0.15) is 11.6 Å². The first-order valence-electron chi connectivity index (χ1n) is 6.43. The average molecular weight is 269 g/mol. The lowest BCUT2D eigenvalue weighted by atomic mass is 10.2. The van der Waals surface area contributed by atoms with E-state index >= 15 is 0 Å². The maximum absolute atomic E-state index is 13.3. The molecule has 0 aliphatic carbocycles. The molecule has 0 radical (unpaired) electrons. The zero-order valence-electron chi connectivity index (χ0n) is 10.8. The van der Waals surface area contributed by atoms with Crippen LogP contribution in [0.2, 0.25) is 0 Å². The normalized spacial score (nSPS) is 13.1. The first kappa shape index (κ1) is 13.3. The van der Waals surface area contributed by atoms with Gasteiger partial charge in [0, 0.05) is 6.54 Å². The Labute approximate surface area is 112 Å². The molecule has 0 amide bonds. The van der Waals surface area contributed by atoms with Crippen molar-refractivity contribution in [1.29, 1.82) is 0 Å². The number of alkyl halides is 1. The van der Waals surface area contributed by atoms with E-state index in [1.807, 2.05) is 11.5 Å². The number of nitrogens with zero attached hydrogens (tertiary/aromatic N) is 2. The van der Waals surface area contributed by atoms with E-state index in [1.54, 1.807) is 6.07 Å². The second-order valence-electron chi connectivity index (χ2n) is 4.58. The third kappa shape index (κ3) is 2.66. The summed E-state index contributed by atoms with van der Waals surface area (Å²) in [6.07, 6.45) is 3.38. The Balaban J connectivity index is 2.43. The fourth-order valence-electron chi connectivity index (χ4n) is 2.17. The summed E-state index contributed by atoms with van der Waals surface area (Å²) in [5.74, 6) is 0.598. The summed E-state index contributed by atoms with van der Waals surface area (Å²) in [7, 11) is 0.